The van der Waals surface area contributed by atoms with E-state index < -0.39 is 0 Å². The van der Waals surface area contributed by atoms with E-state index >= 15 is 0 Å². The molecule has 4 rings (SSSR count). The van der Waals surface area contributed by atoms with Crippen molar-refractivity contribution in [3.05, 3.63) is 69.4 Å². The largest absolute Gasteiger partial charge is 0.369 e. The van der Waals surface area contributed by atoms with Crippen molar-refractivity contribution in [2.45, 2.75) is 26.4 Å². The van der Waals surface area contributed by atoms with Crippen LogP contribution in [0.1, 0.15) is 22.5 Å². The van der Waals surface area contributed by atoms with Crippen LogP contribution in [0.3, 0.4) is 0 Å². The molecule has 7 heteroatoms. The maximum Gasteiger partial charge on any atom is 0.257 e. The molecule has 25 heavy (non-hydrogen) atoms. The highest BCUT2D eigenvalue weighted by Gasteiger charge is 2.22. The molecular weight excluding hydrogens is 316 g/mol. The summed E-state index contributed by atoms with van der Waals surface area (Å²) in [6.07, 6.45) is 2.79. The number of anilines is 1. The second-order valence-electron chi connectivity index (χ2n) is 6.36. The van der Waals surface area contributed by atoms with Crippen molar-refractivity contribution in [3.63, 3.8) is 0 Å². The summed E-state index contributed by atoms with van der Waals surface area (Å²) in [6.45, 7) is 4.19. The summed E-state index contributed by atoms with van der Waals surface area (Å²) >= 11 is 0. The first kappa shape index (κ1) is 15.6. The molecule has 0 spiro atoms. The van der Waals surface area contributed by atoms with Gasteiger partial charge in [0.1, 0.15) is 0 Å². The van der Waals surface area contributed by atoms with Crippen LogP contribution < -0.4 is 11.3 Å². The molecule has 3 aromatic rings. The smallest absolute Gasteiger partial charge is 0.257 e. The number of nitrogens with two attached hydrogens (primary N) is 1. The first-order valence-electron chi connectivity index (χ1n) is 8.30. The second-order valence-corrected chi connectivity index (χ2v) is 6.36. The third-order valence-electron chi connectivity index (χ3n) is 4.58. The van der Waals surface area contributed by atoms with E-state index in [-0.39, 0.29) is 11.5 Å². The number of rotatable bonds is 3. The van der Waals surface area contributed by atoms with Gasteiger partial charge in [-0.3, -0.25) is 14.7 Å². The molecule has 0 atom stereocenters. The van der Waals surface area contributed by atoms with Gasteiger partial charge in [-0.1, -0.05) is 18.2 Å². The molecule has 0 unspecified atom stereocenters. The predicted octanol–water partition coefficient (Wildman–Crippen LogP) is 1.40. The van der Waals surface area contributed by atoms with Crippen LogP contribution >= 0.6 is 0 Å². The molecule has 0 saturated heterocycles. The number of nitrogen functional groups attached to an aromatic ring is 1. The van der Waals surface area contributed by atoms with Crippen LogP contribution in [0.2, 0.25) is 0 Å². The van der Waals surface area contributed by atoms with Gasteiger partial charge in [-0.25, -0.2) is 9.67 Å². The standard InChI is InChI=1S/C18H20N6O/c1-12-13(10-24(22-12)14-5-3-2-4-6-14)9-23-8-7-16-15(11-23)17(25)21-18(19)20-16/h2-6,10H,7-9,11H2,1H3,(H3,19,20,21,25). The van der Waals surface area contributed by atoms with Gasteiger partial charge in [0.2, 0.25) is 5.95 Å². The maximum absolute atomic E-state index is 12.1. The average Bonchev–Trinajstić information content (AvgIpc) is 2.97. The van der Waals surface area contributed by atoms with Crippen molar-refractivity contribution in [2.24, 2.45) is 0 Å². The summed E-state index contributed by atoms with van der Waals surface area (Å²) in [5.41, 5.74) is 10.2. The lowest BCUT2D eigenvalue weighted by Crippen LogP contribution is -2.35. The Kier molecular flexibility index (Phi) is 3.85. The van der Waals surface area contributed by atoms with Gasteiger partial charge < -0.3 is 5.73 Å². The van der Waals surface area contributed by atoms with Crippen molar-refractivity contribution in [1.82, 2.24) is 24.6 Å². The van der Waals surface area contributed by atoms with Crippen LogP contribution in [-0.2, 0) is 19.5 Å². The quantitative estimate of drug-likeness (QED) is 0.754. The fourth-order valence-corrected chi connectivity index (χ4v) is 3.24. The van der Waals surface area contributed by atoms with Gasteiger partial charge in [-0.2, -0.15) is 5.10 Å². The lowest BCUT2D eigenvalue weighted by atomic mass is 10.1. The van der Waals surface area contributed by atoms with Crippen LogP contribution in [0.15, 0.2) is 41.3 Å². The minimum atomic E-state index is -0.135. The summed E-state index contributed by atoms with van der Waals surface area (Å²) in [7, 11) is 0. The average molecular weight is 336 g/mol. The van der Waals surface area contributed by atoms with Gasteiger partial charge in [-0.05, 0) is 19.1 Å². The van der Waals surface area contributed by atoms with E-state index in [0.29, 0.717) is 12.1 Å². The molecule has 1 aromatic carbocycles. The molecule has 3 N–H and O–H groups in total. The van der Waals surface area contributed by atoms with Crippen LogP contribution in [0.5, 0.6) is 0 Å². The molecule has 2 aromatic heterocycles. The van der Waals surface area contributed by atoms with Crippen molar-refractivity contribution in [3.8, 4) is 5.69 Å². The molecule has 128 valence electrons. The number of nitrogens with zero attached hydrogens (tertiary/aromatic N) is 4. The fraction of sp³-hybridized carbons (Fsp3) is 0.278. The Morgan fingerprint density at radius 2 is 2.08 bits per heavy atom. The summed E-state index contributed by atoms with van der Waals surface area (Å²) in [6, 6.07) is 10.0. The highest BCUT2D eigenvalue weighted by molar-refractivity contribution is 5.33. The predicted molar refractivity (Wildman–Crippen MR) is 95.4 cm³/mol. The summed E-state index contributed by atoms with van der Waals surface area (Å²) < 4.78 is 1.90. The molecule has 1 aliphatic heterocycles. The number of para-hydroxylation sites is 1. The van der Waals surface area contributed by atoms with Crippen LogP contribution in [0.25, 0.3) is 5.69 Å². The minimum absolute atomic E-state index is 0.135. The minimum Gasteiger partial charge on any atom is -0.369 e. The third kappa shape index (κ3) is 3.06. The first-order valence-corrected chi connectivity index (χ1v) is 8.30. The molecular formula is C18H20N6O. The number of hydrogen-bond donors (Lipinski definition) is 2. The molecule has 0 saturated carbocycles. The Bertz CT molecular complexity index is 959. The van der Waals surface area contributed by atoms with Gasteiger partial charge in [0, 0.05) is 37.8 Å². The number of aromatic nitrogens is 4. The van der Waals surface area contributed by atoms with Gasteiger partial charge >= 0.3 is 0 Å². The van der Waals surface area contributed by atoms with E-state index in [2.05, 4.69) is 26.2 Å². The van der Waals surface area contributed by atoms with Gasteiger partial charge in [0.15, 0.2) is 0 Å². The molecule has 0 radical (unpaired) electrons. The first-order chi connectivity index (χ1) is 12.1. The zero-order valence-corrected chi connectivity index (χ0v) is 14.1. The summed E-state index contributed by atoms with van der Waals surface area (Å²) in [4.78, 5) is 21.2. The van der Waals surface area contributed by atoms with Gasteiger partial charge in [-0.15, -0.1) is 0 Å². The zero-order chi connectivity index (χ0) is 17.4. The molecule has 0 fully saturated rings. The lowest BCUT2D eigenvalue weighted by Gasteiger charge is -2.27. The van der Waals surface area contributed by atoms with Gasteiger partial charge in [0.25, 0.3) is 5.56 Å². The Morgan fingerprint density at radius 3 is 2.88 bits per heavy atom. The molecule has 0 amide bonds. The number of H-pyrrole nitrogens is 1. The normalized spacial score (nSPS) is 14.4. The summed E-state index contributed by atoms with van der Waals surface area (Å²) in [5.74, 6) is 0.192. The number of aromatic amines is 1. The maximum atomic E-state index is 12.1. The van der Waals surface area contributed by atoms with Crippen molar-refractivity contribution in [1.29, 1.82) is 0 Å². The van der Waals surface area contributed by atoms with E-state index in [1.807, 2.05) is 41.9 Å². The lowest BCUT2D eigenvalue weighted by molar-refractivity contribution is 0.241. The van der Waals surface area contributed by atoms with Crippen molar-refractivity contribution in [2.75, 3.05) is 12.3 Å². The molecule has 0 bridgehead atoms. The molecule has 7 nitrogen and oxygen atoms in total. The van der Waals surface area contributed by atoms with E-state index in [9.17, 15) is 4.79 Å². The number of fused-ring (bicyclic) bond motifs is 1. The van der Waals surface area contributed by atoms with Crippen molar-refractivity contribution < 1.29 is 0 Å². The fourth-order valence-electron chi connectivity index (χ4n) is 3.24. The Morgan fingerprint density at radius 1 is 1.28 bits per heavy atom. The number of hydrogen-bond acceptors (Lipinski definition) is 5. The van der Waals surface area contributed by atoms with E-state index in [4.69, 9.17) is 5.73 Å². The Balaban J connectivity index is 1.56. The van der Waals surface area contributed by atoms with E-state index in [0.717, 1.165) is 42.1 Å². The highest BCUT2D eigenvalue weighted by atomic mass is 16.1. The zero-order valence-electron chi connectivity index (χ0n) is 14.1. The third-order valence-corrected chi connectivity index (χ3v) is 4.58. The van der Waals surface area contributed by atoms with E-state index in [1.165, 1.54) is 0 Å². The van der Waals surface area contributed by atoms with Gasteiger partial charge in [0.05, 0.1) is 22.6 Å². The Labute approximate surface area is 145 Å². The monoisotopic (exact) mass is 336 g/mol. The molecule has 0 aliphatic carbocycles. The van der Waals surface area contributed by atoms with Crippen LogP contribution in [0.4, 0.5) is 5.95 Å². The van der Waals surface area contributed by atoms with E-state index in [1.54, 1.807) is 0 Å². The number of nitrogens with one attached hydrogen (secondary N) is 1. The topological polar surface area (TPSA) is 92.8 Å². The van der Waals surface area contributed by atoms with Crippen LogP contribution in [-0.4, -0.2) is 31.2 Å². The SMILES string of the molecule is Cc1nn(-c2ccccc2)cc1CN1CCc2nc(N)[nH]c(=O)c2C1. The number of benzene rings is 1. The van der Waals surface area contributed by atoms with Crippen molar-refractivity contribution >= 4 is 5.95 Å². The summed E-state index contributed by atoms with van der Waals surface area (Å²) in [5, 5.41) is 4.61. The highest BCUT2D eigenvalue weighted by Crippen LogP contribution is 2.19. The number of aryl methyl sites for hydroxylation is 1. The molecule has 3 heterocycles. The van der Waals surface area contributed by atoms with Crippen LogP contribution in [0, 0.1) is 6.92 Å². The molecule has 1 aliphatic rings. The Hall–Kier alpha value is -2.93. The second kappa shape index (κ2) is 6.18.